The molecule has 0 unspecified atom stereocenters. The van der Waals surface area contributed by atoms with Crippen LogP contribution in [-0.2, 0) is 6.54 Å². The number of nitrogens with zero attached hydrogens (tertiary/aromatic N) is 4. The second-order valence-electron chi connectivity index (χ2n) is 11.8. The molecule has 0 atom stereocenters. The summed E-state index contributed by atoms with van der Waals surface area (Å²) in [5.74, 6) is 2.47. The van der Waals surface area contributed by atoms with Crippen molar-refractivity contribution in [1.82, 2.24) is 15.0 Å². The molecule has 0 saturated carbocycles. The molecule has 1 aliphatic heterocycles. The molecule has 6 nitrogen and oxygen atoms in total. The minimum atomic E-state index is 0.425. The monoisotopic (exact) mass is 604 g/mol. The zero-order chi connectivity index (χ0) is 30.9. The lowest BCUT2D eigenvalue weighted by Gasteiger charge is -2.09. The molecule has 10 rings (SSSR count). The van der Waals surface area contributed by atoms with Crippen molar-refractivity contribution in [3.8, 4) is 33.9 Å². The molecule has 6 heteroatoms. The van der Waals surface area contributed by atoms with Gasteiger partial charge >= 0.3 is 0 Å². The van der Waals surface area contributed by atoms with E-state index in [1.807, 2.05) is 66.7 Å². The van der Waals surface area contributed by atoms with Crippen LogP contribution in [0.15, 0.2) is 147 Å². The van der Waals surface area contributed by atoms with Gasteiger partial charge in [0.25, 0.3) is 0 Å². The normalized spacial score (nSPS) is 12.7. The molecule has 3 aromatic heterocycles. The van der Waals surface area contributed by atoms with Gasteiger partial charge in [-0.1, -0.05) is 103 Å². The summed E-state index contributed by atoms with van der Waals surface area (Å²) >= 11 is 0. The van der Waals surface area contributed by atoms with Crippen molar-refractivity contribution < 1.29 is 8.83 Å². The van der Waals surface area contributed by atoms with Gasteiger partial charge in [0.1, 0.15) is 28.2 Å². The third-order valence-corrected chi connectivity index (χ3v) is 8.99. The predicted molar refractivity (Wildman–Crippen MR) is 186 cm³/mol. The van der Waals surface area contributed by atoms with Gasteiger partial charge in [-0.25, -0.2) is 15.0 Å². The fourth-order valence-corrected chi connectivity index (χ4v) is 6.76. The molecule has 47 heavy (non-hydrogen) atoms. The summed E-state index contributed by atoms with van der Waals surface area (Å²) in [6.07, 6.45) is 0. The number of aromatic nitrogens is 3. The van der Waals surface area contributed by atoms with E-state index in [0.29, 0.717) is 29.7 Å². The zero-order valence-corrected chi connectivity index (χ0v) is 25.0. The fraction of sp³-hybridized carbons (Fsp3) is 0.0244. The lowest BCUT2D eigenvalue weighted by molar-refractivity contribution is 0.557. The highest BCUT2D eigenvalue weighted by atomic mass is 16.3. The number of para-hydroxylation sites is 1. The van der Waals surface area contributed by atoms with E-state index in [2.05, 4.69) is 66.7 Å². The number of rotatable bonds is 4. The highest BCUT2D eigenvalue weighted by Crippen LogP contribution is 2.38. The van der Waals surface area contributed by atoms with Gasteiger partial charge in [0.2, 0.25) is 0 Å². The fourth-order valence-electron chi connectivity index (χ4n) is 6.76. The van der Waals surface area contributed by atoms with Gasteiger partial charge in [0.05, 0.1) is 12.1 Å². The molecule has 0 saturated heterocycles. The quantitative estimate of drug-likeness (QED) is 0.200. The Balaban J connectivity index is 1.13. The Morgan fingerprint density at radius 1 is 0.468 bits per heavy atom. The van der Waals surface area contributed by atoms with E-state index in [0.717, 1.165) is 66.5 Å². The molecular formula is C41H24N4O2. The van der Waals surface area contributed by atoms with Crippen molar-refractivity contribution >= 4 is 49.4 Å². The molecule has 4 heterocycles. The van der Waals surface area contributed by atoms with E-state index in [1.165, 1.54) is 10.8 Å². The first kappa shape index (κ1) is 25.9. The van der Waals surface area contributed by atoms with E-state index in [-0.39, 0.29) is 0 Å². The third kappa shape index (κ3) is 4.12. The summed E-state index contributed by atoms with van der Waals surface area (Å²) in [6.45, 7) is 0.425. The molecule has 6 aromatic carbocycles. The first-order chi connectivity index (χ1) is 23.3. The number of hydrogen-bond acceptors (Lipinski definition) is 6. The topological polar surface area (TPSA) is 77.3 Å². The van der Waals surface area contributed by atoms with Crippen LogP contribution in [0.3, 0.4) is 0 Å². The molecule has 0 spiro atoms. The van der Waals surface area contributed by atoms with Crippen LogP contribution in [0.25, 0.3) is 77.6 Å². The molecule has 0 aliphatic carbocycles. The SMILES string of the molecule is c1ccc(-c2nc(C3=NCc4oc5cc(-c6ccc7ccccc7c6)ccc5c43)nc(-c3cccc4oc5ccccc5c34)n2)cc1. The van der Waals surface area contributed by atoms with Crippen molar-refractivity contribution in [2.45, 2.75) is 6.54 Å². The van der Waals surface area contributed by atoms with Crippen molar-refractivity contribution in [3.63, 3.8) is 0 Å². The third-order valence-electron chi connectivity index (χ3n) is 8.99. The van der Waals surface area contributed by atoms with Crippen molar-refractivity contribution in [1.29, 1.82) is 0 Å². The summed E-state index contributed by atoms with van der Waals surface area (Å²) in [4.78, 5) is 20.0. The van der Waals surface area contributed by atoms with Crippen LogP contribution in [-0.4, -0.2) is 20.7 Å². The Bertz CT molecular complexity index is 2720. The van der Waals surface area contributed by atoms with Gasteiger partial charge in [-0.05, 0) is 52.2 Å². The van der Waals surface area contributed by atoms with Gasteiger partial charge in [-0.3, -0.25) is 4.99 Å². The van der Waals surface area contributed by atoms with Crippen LogP contribution in [0.4, 0.5) is 0 Å². The molecule has 0 bridgehead atoms. The summed E-state index contributed by atoms with van der Waals surface area (Å²) in [6, 6.07) is 45.4. The van der Waals surface area contributed by atoms with E-state index in [4.69, 9.17) is 28.8 Å². The van der Waals surface area contributed by atoms with E-state index in [1.54, 1.807) is 0 Å². The van der Waals surface area contributed by atoms with Crippen LogP contribution in [0, 0.1) is 0 Å². The van der Waals surface area contributed by atoms with Crippen LogP contribution in [0.1, 0.15) is 17.1 Å². The van der Waals surface area contributed by atoms with Gasteiger partial charge in [0, 0.05) is 27.3 Å². The largest absolute Gasteiger partial charge is 0.458 e. The number of furan rings is 2. The standard InChI is InChI=1S/C41H24N4O2/c1-2-10-25(11-3-1)39-43-40(31-14-8-16-33-36(31)29-13-6-7-15-32(29)46-33)45-41(44-39)38-37-30-20-19-28(22-34(30)47-35(37)23-42-38)27-18-17-24-9-4-5-12-26(24)21-27/h1-22H,23H2. The molecule has 0 fully saturated rings. The highest BCUT2D eigenvalue weighted by Gasteiger charge is 2.28. The Kier molecular flexibility index (Phi) is 5.54. The van der Waals surface area contributed by atoms with Gasteiger partial charge in [0.15, 0.2) is 17.5 Å². The second kappa shape index (κ2) is 10.1. The van der Waals surface area contributed by atoms with Gasteiger partial charge < -0.3 is 8.83 Å². The van der Waals surface area contributed by atoms with E-state index < -0.39 is 0 Å². The average molecular weight is 605 g/mol. The molecule has 220 valence electrons. The summed E-state index contributed by atoms with van der Waals surface area (Å²) in [5, 5.41) is 5.42. The molecule has 0 N–H and O–H groups in total. The van der Waals surface area contributed by atoms with Crippen LogP contribution in [0.5, 0.6) is 0 Å². The maximum atomic E-state index is 6.44. The summed E-state index contributed by atoms with van der Waals surface area (Å²) in [5.41, 5.74) is 8.10. The lowest BCUT2D eigenvalue weighted by Crippen LogP contribution is -2.10. The highest BCUT2D eigenvalue weighted by molar-refractivity contribution is 6.20. The summed E-state index contributed by atoms with van der Waals surface area (Å²) < 4.78 is 12.6. The first-order valence-electron chi connectivity index (χ1n) is 15.6. The molecule has 0 radical (unpaired) electrons. The zero-order valence-electron chi connectivity index (χ0n) is 25.0. The molecular weight excluding hydrogens is 580 g/mol. The number of benzene rings is 6. The van der Waals surface area contributed by atoms with Crippen LogP contribution < -0.4 is 0 Å². The number of fused-ring (bicyclic) bond motifs is 7. The first-order valence-corrected chi connectivity index (χ1v) is 15.6. The minimum absolute atomic E-state index is 0.425. The minimum Gasteiger partial charge on any atom is -0.458 e. The predicted octanol–water partition coefficient (Wildman–Crippen LogP) is 10.0. The smallest absolute Gasteiger partial charge is 0.182 e. The van der Waals surface area contributed by atoms with Crippen molar-refractivity contribution in [3.05, 3.63) is 151 Å². The van der Waals surface area contributed by atoms with Gasteiger partial charge in [-0.15, -0.1) is 0 Å². The number of hydrogen-bond donors (Lipinski definition) is 0. The Hall–Kier alpha value is -6.40. The maximum Gasteiger partial charge on any atom is 0.182 e. The summed E-state index contributed by atoms with van der Waals surface area (Å²) in [7, 11) is 0. The van der Waals surface area contributed by atoms with Gasteiger partial charge in [-0.2, -0.15) is 0 Å². The molecule has 0 amide bonds. The molecule has 1 aliphatic rings. The average Bonchev–Trinajstić information content (AvgIpc) is 3.83. The Labute approximate surface area is 268 Å². The lowest BCUT2D eigenvalue weighted by atomic mass is 9.99. The van der Waals surface area contributed by atoms with E-state index >= 15 is 0 Å². The molecule has 9 aromatic rings. The van der Waals surface area contributed by atoms with Crippen molar-refractivity contribution in [2.75, 3.05) is 0 Å². The number of aliphatic imine (C=N–C) groups is 1. The maximum absolute atomic E-state index is 6.44. The van der Waals surface area contributed by atoms with E-state index in [9.17, 15) is 0 Å². The Morgan fingerprint density at radius 3 is 2.15 bits per heavy atom. The second-order valence-corrected chi connectivity index (χ2v) is 11.8. The van der Waals surface area contributed by atoms with Crippen LogP contribution in [0.2, 0.25) is 0 Å². The Morgan fingerprint density at radius 2 is 1.21 bits per heavy atom. The van der Waals surface area contributed by atoms with Crippen LogP contribution >= 0.6 is 0 Å². The van der Waals surface area contributed by atoms with Crippen molar-refractivity contribution in [2.24, 2.45) is 4.99 Å².